The maximum atomic E-state index is 12.1. The summed E-state index contributed by atoms with van der Waals surface area (Å²) in [5.41, 5.74) is 0. The van der Waals surface area contributed by atoms with Gasteiger partial charge in [-0.3, -0.25) is 9.18 Å². The average Bonchev–Trinajstić information content (AvgIpc) is 2.42. The standard InChI is InChI=1S/C12H22FNO6/c1-6-8(14-11(17)7(15)4-5-13)9(16)10(18-2)12(19-3)20-6/h6-10,12,15-16H,4-5H2,1-3H3,(H,14,17)/t6-,7-,8-,9+,10+,12+/m1/s1. The smallest absolute Gasteiger partial charge is 0.249 e. The molecule has 0 aromatic rings. The molecule has 1 aliphatic heterocycles. The van der Waals surface area contributed by atoms with Crippen LogP contribution in [0.25, 0.3) is 0 Å². The Kier molecular flexibility index (Phi) is 6.77. The zero-order chi connectivity index (χ0) is 15.3. The van der Waals surface area contributed by atoms with E-state index in [4.69, 9.17) is 14.2 Å². The summed E-state index contributed by atoms with van der Waals surface area (Å²) in [5.74, 6) is -0.757. The molecule has 0 saturated carbocycles. The van der Waals surface area contributed by atoms with Gasteiger partial charge in [-0.25, -0.2) is 0 Å². The van der Waals surface area contributed by atoms with E-state index in [1.807, 2.05) is 0 Å². The maximum Gasteiger partial charge on any atom is 0.249 e. The third-order valence-corrected chi connectivity index (χ3v) is 3.33. The molecule has 1 saturated heterocycles. The lowest BCUT2D eigenvalue weighted by Gasteiger charge is -2.42. The van der Waals surface area contributed by atoms with Gasteiger partial charge in [0, 0.05) is 20.6 Å². The van der Waals surface area contributed by atoms with Gasteiger partial charge in [-0.1, -0.05) is 0 Å². The van der Waals surface area contributed by atoms with Crippen molar-refractivity contribution >= 4 is 5.91 Å². The molecule has 8 heteroatoms. The summed E-state index contributed by atoms with van der Waals surface area (Å²) in [4.78, 5) is 11.7. The van der Waals surface area contributed by atoms with Crippen LogP contribution < -0.4 is 5.32 Å². The summed E-state index contributed by atoms with van der Waals surface area (Å²) in [6.07, 6.45) is -4.91. The number of aliphatic hydroxyl groups is 2. The van der Waals surface area contributed by atoms with E-state index >= 15 is 0 Å². The van der Waals surface area contributed by atoms with Crippen LogP contribution in [0.3, 0.4) is 0 Å². The first kappa shape index (κ1) is 17.3. The van der Waals surface area contributed by atoms with Crippen molar-refractivity contribution in [1.82, 2.24) is 5.32 Å². The molecule has 6 atom stereocenters. The molecular formula is C12H22FNO6. The summed E-state index contributed by atoms with van der Waals surface area (Å²) in [6.45, 7) is 0.841. The molecule has 3 N–H and O–H groups in total. The number of nitrogens with one attached hydrogen (secondary N) is 1. The number of ether oxygens (including phenoxy) is 3. The lowest BCUT2D eigenvalue weighted by Crippen LogP contribution is -2.64. The van der Waals surface area contributed by atoms with Crippen LogP contribution in [-0.2, 0) is 19.0 Å². The van der Waals surface area contributed by atoms with Crippen molar-refractivity contribution in [3.8, 4) is 0 Å². The Bertz CT molecular complexity index is 318. The second kappa shape index (κ2) is 7.84. The predicted octanol–water partition coefficient (Wildman–Crippen LogP) is -1.04. The van der Waals surface area contributed by atoms with Crippen molar-refractivity contribution in [2.24, 2.45) is 0 Å². The topological polar surface area (TPSA) is 97.3 Å². The quantitative estimate of drug-likeness (QED) is 0.579. The van der Waals surface area contributed by atoms with Gasteiger partial charge in [0.1, 0.15) is 18.3 Å². The monoisotopic (exact) mass is 295 g/mol. The first-order chi connectivity index (χ1) is 9.46. The molecular weight excluding hydrogens is 273 g/mol. The van der Waals surface area contributed by atoms with E-state index in [0.29, 0.717) is 0 Å². The molecule has 1 rings (SSSR count). The number of aliphatic hydroxyl groups excluding tert-OH is 2. The van der Waals surface area contributed by atoms with E-state index in [0.717, 1.165) is 0 Å². The second-order valence-corrected chi connectivity index (χ2v) is 4.66. The second-order valence-electron chi connectivity index (χ2n) is 4.66. The summed E-state index contributed by atoms with van der Waals surface area (Å²) < 4.78 is 27.7. The fourth-order valence-corrected chi connectivity index (χ4v) is 2.15. The predicted molar refractivity (Wildman–Crippen MR) is 66.7 cm³/mol. The lowest BCUT2D eigenvalue weighted by atomic mass is 9.96. The van der Waals surface area contributed by atoms with Crippen LogP contribution in [0.15, 0.2) is 0 Å². The van der Waals surface area contributed by atoms with E-state index in [2.05, 4.69) is 5.32 Å². The van der Waals surface area contributed by atoms with Gasteiger partial charge >= 0.3 is 0 Å². The van der Waals surface area contributed by atoms with Crippen molar-refractivity contribution in [2.45, 2.75) is 50.1 Å². The minimum absolute atomic E-state index is 0.293. The third kappa shape index (κ3) is 3.86. The van der Waals surface area contributed by atoms with Gasteiger partial charge in [0.25, 0.3) is 0 Å². The van der Waals surface area contributed by atoms with Crippen molar-refractivity contribution in [1.29, 1.82) is 0 Å². The zero-order valence-electron chi connectivity index (χ0n) is 11.8. The Morgan fingerprint density at radius 3 is 2.60 bits per heavy atom. The van der Waals surface area contributed by atoms with E-state index in [1.165, 1.54) is 14.2 Å². The number of hydrogen-bond donors (Lipinski definition) is 3. The number of carbonyl (C=O) groups is 1. The minimum atomic E-state index is -1.46. The third-order valence-electron chi connectivity index (χ3n) is 3.33. The van der Waals surface area contributed by atoms with Crippen LogP contribution in [0.2, 0.25) is 0 Å². The van der Waals surface area contributed by atoms with Gasteiger partial charge < -0.3 is 29.7 Å². The molecule has 1 amide bonds. The van der Waals surface area contributed by atoms with Gasteiger partial charge in [0.2, 0.25) is 5.91 Å². The molecule has 1 fully saturated rings. The fraction of sp³-hybridized carbons (Fsp3) is 0.917. The number of carbonyl (C=O) groups excluding carboxylic acids is 1. The molecule has 0 unspecified atom stereocenters. The number of hydrogen-bond acceptors (Lipinski definition) is 6. The highest BCUT2D eigenvalue weighted by Gasteiger charge is 2.45. The molecule has 118 valence electrons. The first-order valence-corrected chi connectivity index (χ1v) is 6.39. The average molecular weight is 295 g/mol. The Morgan fingerprint density at radius 2 is 2.10 bits per heavy atom. The molecule has 1 heterocycles. The molecule has 0 spiro atoms. The van der Waals surface area contributed by atoms with Crippen molar-refractivity contribution in [3.63, 3.8) is 0 Å². The number of methoxy groups -OCH3 is 2. The highest BCUT2D eigenvalue weighted by molar-refractivity contribution is 5.80. The van der Waals surface area contributed by atoms with Gasteiger partial charge in [0.15, 0.2) is 6.29 Å². The van der Waals surface area contributed by atoms with Gasteiger partial charge in [-0.2, -0.15) is 0 Å². The van der Waals surface area contributed by atoms with Crippen molar-refractivity contribution < 1.29 is 33.6 Å². The van der Waals surface area contributed by atoms with E-state index in [1.54, 1.807) is 6.92 Å². The van der Waals surface area contributed by atoms with Crippen molar-refractivity contribution in [2.75, 3.05) is 20.9 Å². The Hall–Kier alpha value is -0.800. The maximum absolute atomic E-state index is 12.1. The van der Waals surface area contributed by atoms with E-state index in [9.17, 15) is 19.4 Å². The van der Waals surface area contributed by atoms with Gasteiger partial charge in [-0.05, 0) is 6.92 Å². The Labute approximate surface area is 117 Å². The number of alkyl halides is 1. The zero-order valence-corrected chi connectivity index (χ0v) is 11.8. The highest BCUT2D eigenvalue weighted by atomic mass is 19.1. The normalized spacial score (nSPS) is 35.6. The largest absolute Gasteiger partial charge is 0.388 e. The van der Waals surface area contributed by atoms with Crippen LogP contribution in [0.5, 0.6) is 0 Å². The SMILES string of the molecule is CO[C@H]1O[C@H](C)[C@@H](NC(=O)[C@H](O)CCF)[C@H](O)[C@@H]1OC. The molecule has 0 radical (unpaired) electrons. The van der Waals surface area contributed by atoms with Crippen LogP contribution >= 0.6 is 0 Å². The van der Waals surface area contributed by atoms with Crippen LogP contribution in [-0.4, -0.2) is 73.8 Å². The molecule has 0 aliphatic carbocycles. The van der Waals surface area contributed by atoms with E-state index in [-0.39, 0.29) is 6.42 Å². The molecule has 0 bridgehead atoms. The van der Waals surface area contributed by atoms with E-state index < -0.39 is 49.3 Å². The number of amides is 1. The van der Waals surface area contributed by atoms with Crippen LogP contribution in [0.4, 0.5) is 4.39 Å². The summed E-state index contributed by atoms with van der Waals surface area (Å²) in [6, 6.07) is -0.784. The molecule has 0 aromatic heterocycles. The summed E-state index contributed by atoms with van der Waals surface area (Å²) in [7, 11) is 2.80. The molecule has 1 aliphatic rings. The highest BCUT2D eigenvalue weighted by Crippen LogP contribution is 2.23. The first-order valence-electron chi connectivity index (χ1n) is 6.39. The van der Waals surface area contributed by atoms with Crippen LogP contribution in [0, 0.1) is 0 Å². The molecule has 0 aromatic carbocycles. The number of halogens is 1. The molecule has 7 nitrogen and oxygen atoms in total. The Balaban J connectivity index is 2.71. The molecule has 20 heavy (non-hydrogen) atoms. The number of rotatable bonds is 6. The minimum Gasteiger partial charge on any atom is -0.388 e. The van der Waals surface area contributed by atoms with Gasteiger partial charge in [0.05, 0.1) is 18.8 Å². The fourth-order valence-electron chi connectivity index (χ4n) is 2.15. The van der Waals surface area contributed by atoms with Gasteiger partial charge in [-0.15, -0.1) is 0 Å². The summed E-state index contributed by atoms with van der Waals surface area (Å²) >= 11 is 0. The summed E-state index contributed by atoms with van der Waals surface area (Å²) in [5, 5.41) is 22.1. The van der Waals surface area contributed by atoms with Crippen LogP contribution in [0.1, 0.15) is 13.3 Å². The Morgan fingerprint density at radius 1 is 1.45 bits per heavy atom. The lowest BCUT2D eigenvalue weighted by molar-refractivity contribution is -0.269. The van der Waals surface area contributed by atoms with Crippen molar-refractivity contribution in [3.05, 3.63) is 0 Å².